The predicted octanol–water partition coefficient (Wildman–Crippen LogP) is 2.02. The van der Waals surface area contributed by atoms with Crippen LogP contribution in [0, 0.1) is 26.9 Å². The topological polar surface area (TPSA) is 176 Å². The highest BCUT2D eigenvalue weighted by atomic mass is 16.6. The fraction of sp³-hybridized carbons (Fsp3) is 0.0625. The third-order valence-electron chi connectivity index (χ3n) is 3.13. The van der Waals surface area contributed by atoms with E-state index in [4.69, 9.17) is 21.2 Å². The van der Waals surface area contributed by atoms with Gasteiger partial charge in [0.1, 0.15) is 6.07 Å². The molecule has 0 amide bonds. The molecule has 2 rings (SSSR count). The highest BCUT2D eigenvalue weighted by Gasteiger charge is 2.12. The molecule has 0 saturated carbocycles. The van der Waals surface area contributed by atoms with Crippen molar-refractivity contribution in [2.45, 2.75) is 6.92 Å². The molecule has 11 heteroatoms. The van der Waals surface area contributed by atoms with Crippen molar-refractivity contribution in [2.24, 2.45) is 16.0 Å². The van der Waals surface area contributed by atoms with Gasteiger partial charge in [-0.15, -0.1) is 0 Å². The van der Waals surface area contributed by atoms with Crippen LogP contribution in [0.2, 0.25) is 0 Å². The van der Waals surface area contributed by atoms with Gasteiger partial charge in [0.05, 0.1) is 22.4 Å². The number of nitro groups is 1. The van der Waals surface area contributed by atoms with E-state index in [1.165, 1.54) is 18.2 Å². The van der Waals surface area contributed by atoms with Crippen molar-refractivity contribution in [3.63, 3.8) is 0 Å². The maximum absolute atomic E-state index is 11.1. The zero-order valence-electron chi connectivity index (χ0n) is 14.1. The summed E-state index contributed by atoms with van der Waals surface area (Å²) < 4.78 is 0. The third kappa shape index (κ3) is 5.33. The summed E-state index contributed by atoms with van der Waals surface area (Å²) in [5.41, 5.74) is 8.38. The SMILES string of the molecule is CC(=NOc1cc(N/N=C(\C#N)C(=N)N)cc([N+](=O)[O-])c1)c1cccnc1. The normalized spacial score (nSPS) is 11.4. The summed E-state index contributed by atoms with van der Waals surface area (Å²) in [6, 6.07) is 8.92. The number of amidine groups is 1. The molecule has 1 heterocycles. The number of benzene rings is 1. The second kappa shape index (κ2) is 8.67. The molecule has 136 valence electrons. The van der Waals surface area contributed by atoms with Crippen LogP contribution in [0.15, 0.2) is 53.0 Å². The van der Waals surface area contributed by atoms with E-state index in [1.807, 2.05) is 0 Å². The molecule has 0 aliphatic heterocycles. The number of anilines is 1. The number of hydrogen-bond acceptors (Lipinski definition) is 9. The van der Waals surface area contributed by atoms with Crippen LogP contribution in [0.4, 0.5) is 11.4 Å². The molecule has 0 radical (unpaired) electrons. The van der Waals surface area contributed by atoms with Crippen LogP contribution in [0.3, 0.4) is 0 Å². The molecule has 27 heavy (non-hydrogen) atoms. The van der Waals surface area contributed by atoms with Crippen LogP contribution in [0.25, 0.3) is 0 Å². The monoisotopic (exact) mass is 366 g/mol. The number of oxime groups is 1. The van der Waals surface area contributed by atoms with Crippen LogP contribution >= 0.6 is 0 Å². The van der Waals surface area contributed by atoms with E-state index in [0.717, 1.165) is 5.56 Å². The van der Waals surface area contributed by atoms with Crippen LogP contribution in [-0.2, 0) is 0 Å². The molecular weight excluding hydrogens is 352 g/mol. The highest BCUT2D eigenvalue weighted by molar-refractivity contribution is 6.45. The predicted molar refractivity (Wildman–Crippen MR) is 98.8 cm³/mol. The Morgan fingerprint density at radius 2 is 2.26 bits per heavy atom. The fourth-order valence-electron chi connectivity index (χ4n) is 1.82. The van der Waals surface area contributed by atoms with E-state index in [2.05, 4.69) is 20.7 Å². The summed E-state index contributed by atoms with van der Waals surface area (Å²) in [5.74, 6) is -0.463. The zero-order chi connectivity index (χ0) is 19.8. The Morgan fingerprint density at radius 1 is 1.48 bits per heavy atom. The lowest BCUT2D eigenvalue weighted by Crippen LogP contribution is -2.21. The van der Waals surface area contributed by atoms with Crippen molar-refractivity contribution in [3.8, 4) is 11.8 Å². The molecule has 0 bridgehead atoms. The number of nitro benzene ring substituents is 1. The Bertz CT molecular complexity index is 963. The number of pyridine rings is 1. The highest BCUT2D eigenvalue weighted by Crippen LogP contribution is 2.26. The molecule has 0 fully saturated rings. The van der Waals surface area contributed by atoms with Gasteiger partial charge in [-0.25, -0.2) is 0 Å². The van der Waals surface area contributed by atoms with E-state index < -0.39 is 10.8 Å². The van der Waals surface area contributed by atoms with E-state index in [9.17, 15) is 10.1 Å². The lowest BCUT2D eigenvalue weighted by Gasteiger charge is -2.05. The standard InChI is InChI=1S/C16H14N8O3/c1-10(11-3-2-4-20-9-11)23-27-14-6-12(5-13(7-14)24(25)26)21-22-15(8-17)16(18)19/h2-7,9,21H,1H3,(H3,18,19)/b22-15+,23-10?. The van der Waals surface area contributed by atoms with Crippen molar-refractivity contribution in [2.75, 3.05) is 5.43 Å². The number of hydrogen-bond donors (Lipinski definition) is 3. The van der Waals surface area contributed by atoms with Crippen molar-refractivity contribution in [1.29, 1.82) is 10.7 Å². The van der Waals surface area contributed by atoms with Crippen molar-refractivity contribution in [1.82, 2.24) is 4.98 Å². The Morgan fingerprint density at radius 3 is 2.85 bits per heavy atom. The molecule has 4 N–H and O–H groups in total. The number of nitrogens with one attached hydrogen (secondary N) is 2. The molecule has 1 aromatic heterocycles. The minimum Gasteiger partial charge on any atom is -0.382 e. The lowest BCUT2D eigenvalue weighted by molar-refractivity contribution is -0.384. The molecular formula is C16H14N8O3. The van der Waals surface area contributed by atoms with Crippen LogP contribution < -0.4 is 16.0 Å². The van der Waals surface area contributed by atoms with Crippen molar-refractivity contribution in [3.05, 3.63) is 58.4 Å². The summed E-state index contributed by atoms with van der Waals surface area (Å²) in [6.07, 6.45) is 3.22. The van der Waals surface area contributed by atoms with E-state index in [-0.39, 0.29) is 22.8 Å². The van der Waals surface area contributed by atoms with Gasteiger partial charge in [-0.1, -0.05) is 5.16 Å². The lowest BCUT2D eigenvalue weighted by atomic mass is 10.2. The molecule has 0 aliphatic rings. The molecule has 0 unspecified atom stereocenters. The minimum atomic E-state index is -0.615. The van der Waals surface area contributed by atoms with Gasteiger partial charge in [0.2, 0.25) is 5.71 Å². The van der Waals surface area contributed by atoms with Gasteiger partial charge in [0.15, 0.2) is 11.6 Å². The quantitative estimate of drug-likeness (QED) is 0.290. The maximum Gasteiger partial charge on any atom is 0.275 e. The van der Waals surface area contributed by atoms with Crippen molar-refractivity contribution < 1.29 is 9.76 Å². The van der Waals surface area contributed by atoms with Crippen LogP contribution in [0.1, 0.15) is 12.5 Å². The first-order chi connectivity index (χ1) is 12.9. The van der Waals surface area contributed by atoms with Gasteiger partial charge in [0.25, 0.3) is 5.69 Å². The second-order valence-corrected chi connectivity index (χ2v) is 5.08. The molecule has 0 atom stereocenters. The number of nitriles is 1. The number of rotatable bonds is 7. The first-order valence-electron chi connectivity index (χ1n) is 7.40. The number of aromatic nitrogens is 1. The Kier molecular flexibility index (Phi) is 6.10. The summed E-state index contributed by atoms with van der Waals surface area (Å²) in [7, 11) is 0. The first-order valence-corrected chi connectivity index (χ1v) is 7.40. The van der Waals surface area contributed by atoms with Gasteiger partial charge in [-0.05, 0) is 19.1 Å². The summed E-state index contributed by atoms with van der Waals surface area (Å²) in [6.45, 7) is 1.70. The van der Waals surface area contributed by atoms with Gasteiger partial charge < -0.3 is 10.6 Å². The molecule has 11 nitrogen and oxygen atoms in total. The number of nitrogens with zero attached hydrogens (tertiary/aromatic N) is 5. The van der Waals surface area contributed by atoms with Gasteiger partial charge in [-0.3, -0.25) is 25.9 Å². The van der Waals surface area contributed by atoms with Gasteiger partial charge >= 0.3 is 0 Å². The first kappa shape index (κ1) is 19.0. The smallest absolute Gasteiger partial charge is 0.275 e. The van der Waals surface area contributed by atoms with Gasteiger partial charge in [0, 0.05) is 30.1 Å². The number of hydrazone groups is 1. The second-order valence-electron chi connectivity index (χ2n) is 5.08. The van der Waals surface area contributed by atoms with Crippen LogP contribution in [0.5, 0.6) is 5.75 Å². The molecule has 2 aromatic rings. The molecule has 0 spiro atoms. The zero-order valence-corrected chi connectivity index (χ0v) is 14.1. The van der Waals surface area contributed by atoms with E-state index in [1.54, 1.807) is 37.5 Å². The molecule has 0 saturated heterocycles. The van der Waals surface area contributed by atoms with Crippen LogP contribution in [-0.4, -0.2) is 27.2 Å². The average molecular weight is 366 g/mol. The van der Waals surface area contributed by atoms with Gasteiger partial charge in [-0.2, -0.15) is 10.4 Å². The van der Waals surface area contributed by atoms with E-state index >= 15 is 0 Å². The summed E-state index contributed by atoms with van der Waals surface area (Å²) >= 11 is 0. The maximum atomic E-state index is 11.1. The Balaban J connectivity index is 2.29. The van der Waals surface area contributed by atoms with Crippen molar-refractivity contribution >= 4 is 28.6 Å². The molecule has 0 aliphatic carbocycles. The largest absolute Gasteiger partial charge is 0.382 e. The summed E-state index contributed by atoms with van der Waals surface area (Å²) in [4.78, 5) is 19.7. The molecule has 1 aromatic carbocycles. The number of nitrogens with two attached hydrogens (primary N) is 1. The summed E-state index contributed by atoms with van der Waals surface area (Å²) in [5, 5.41) is 34.7. The van der Waals surface area contributed by atoms with E-state index in [0.29, 0.717) is 5.71 Å². The average Bonchev–Trinajstić information content (AvgIpc) is 2.66. The Hall–Kier alpha value is -4.33. The fourth-order valence-corrected chi connectivity index (χ4v) is 1.82. The minimum absolute atomic E-state index is 0.0754. The number of non-ortho nitro benzene ring substituents is 1. The third-order valence-corrected chi connectivity index (χ3v) is 3.13. The Labute approximate surface area is 153 Å².